The lowest BCUT2D eigenvalue weighted by Crippen LogP contribution is -2.42. The highest BCUT2D eigenvalue weighted by molar-refractivity contribution is 5.92. The molecular weight excluding hydrogens is 386 g/mol. The first-order chi connectivity index (χ1) is 14.2. The number of piperidine rings is 1. The molecule has 0 atom stereocenters. The predicted molar refractivity (Wildman–Crippen MR) is 110 cm³/mol. The highest BCUT2D eigenvalue weighted by Crippen LogP contribution is 2.25. The van der Waals surface area contributed by atoms with Crippen LogP contribution in [0, 0.1) is 6.92 Å². The summed E-state index contributed by atoms with van der Waals surface area (Å²) in [7, 11) is 0. The fraction of sp³-hybridized carbons (Fsp3) is 0.619. The Hall–Kier alpha value is -2.84. The van der Waals surface area contributed by atoms with E-state index >= 15 is 0 Å². The summed E-state index contributed by atoms with van der Waals surface area (Å²) in [4.78, 5) is 30.8. The average Bonchev–Trinajstić information content (AvgIpc) is 3.33. The molecular formula is C21H31N5O4. The van der Waals surface area contributed by atoms with Crippen molar-refractivity contribution in [2.75, 3.05) is 19.6 Å². The number of hydrogen-bond donors (Lipinski definition) is 1. The lowest BCUT2D eigenvalue weighted by molar-refractivity contribution is 0.0187. The van der Waals surface area contributed by atoms with Gasteiger partial charge >= 0.3 is 6.09 Å². The van der Waals surface area contributed by atoms with Gasteiger partial charge in [0.2, 0.25) is 5.89 Å². The Morgan fingerprint density at radius 3 is 2.67 bits per heavy atom. The van der Waals surface area contributed by atoms with E-state index in [0.29, 0.717) is 43.5 Å². The van der Waals surface area contributed by atoms with Crippen LogP contribution in [0.5, 0.6) is 0 Å². The molecule has 9 nitrogen and oxygen atoms in total. The summed E-state index contributed by atoms with van der Waals surface area (Å²) in [5.41, 5.74) is 0.140. The Morgan fingerprint density at radius 1 is 1.30 bits per heavy atom. The van der Waals surface area contributed by atoms with Crippen molar-refractivity contribution in [3.63, 3.8) is 0 Å². The third kappa shape index (κ3) is 5.84. The third-order valence-corrected chi connectivity index (χ3v) is 4.94. The quantitative estimate of drug-likeness (QED) is 0.725. The van der Waals surface area contributed by atoms with Crippen molar-refractivity contribution in [2.24, 2.45) is 0 Å². The van der Waals surface area contributed by atoms with E-state index in [1.165, 1.54) is 0 Å². The molecule has 30 heavy (non-hydrogen) atoms. The fourth-order valence-electron chi connectivity index (χ4n) is 3.53. The molecule has 3 rings (SSSR count). The smallest absolute Gasteiger partial charge is 0.410 e. The van der Waals surface area contributed by atoms with E-state index in [4.69, 9.17) is 9.26 Å². The second-order valence-electron chi connectivity index (χ2n) is 8.59. The molecule has 0 unspecified atom stereocenters. The zero-order valence-corrected chi connectivity index (χ0v) is 18.2. The minimum atomic E-state index is -0.498. The first-order valence-corrected chi connectivity index (χ1v) is 10.4. The molecule has 2 amide bonds. The van der Waals surface area contributed by atoms with Crippen molar-refractivity contribution < 1.29 is 18.8 Å². The number of aryl methyl sites for hydroxylation is 2. The Kier molecular flexibility index (Phi) is 6.79. The number of ether oxygens (including phenoxy) is 1. The third-order valence-electron chi connectivity index (χ3n) is 4.94. The molecule has 1 fully saturated rings. The summed E-state index contributed by atoms with van der Waals surface area (Å²) in [6.45, 7) is 9.14. The Labute approximate surface area is 176 Å². The van der Waals surface area contributed by atoms with Gasteiger partial charge in [-0.1, -0.05) is 5.16 Å². The molecule has 0 saturated carbocycles. The van der Waals surface area contributed by atoms with Crippen LogP contribution >= 0.6 is 0 Å². The van der Waals surface area contributed by atoms with Crippen molar-refractivity contribution in [1.82, 2.24) is 24.9 Å². The lowest BCUT2D eigenvalue weighted by Gasteiger charge is -2.34. The van der Waals surface area contributed by atoms with Crippen molar-refractivity contribution in [3.8, 4) is 0 Å². The number of carbonyl (C=O) groups excluding carboxylic acids is 2. The zero-order chi connectivity index (χ0) is 21.7. The molecule has 2 aromatic heterocycles. The monoisotopic (exact) mass is 417 g/mol. The van der Waals surface area contributed by atoms with E-state index in [9.17, 15) is 9.59 Å². The molecule has 1 aliphatic heterocycles. The van der Waals surface area contributed by atoms with E-state index < -0.39 is 5.60 Å². The van der Waals surface area contributed by atoms with Gasteiger partial charge < -0.3 is 24.0 Å². The normalized spacial score (nSPS) is 15.3. The maximum Gasteiger partial charge on any atom is 0.410 e. The van der Waals surface area contributed by atoms with Gasteiger partial charge in [-0.25, -0.2) is 4.79 Å². The molecule has 0 spiro atoms. The minimum absolute atomic E-state index is 0.101. The van der Waals surface area contributed by atoms with Crippen LogP contribution in [0.4, 0.5) is 4.79 Å². The second kappa shape index (κ2) is 9.32. The summed E-state index contributed by atoms with van der Waals surface area (Å²) in [5.74, 6) is 1.10. The minimum Gasteiger partial charge on any atom is -0.444 e. The van der Waals surface area contributed by atoms with Crippen LogP contribution in [0.15, 0.2) is 22.9 Å². The Morgan fingerprint density at radius 2 is 2.03 bits per heavy atom. The second-order valence-corrected chi connectivity index (χ2v) is 8.59. The van der Waals surface area contributed by atoms with Gasteiger partial charge in [-0.2, -0.15) is 4.98 Å². The molecule has 1 N–H and O–H groups in total. The molecule has 0 radical (unpaired) electrons. The van der Waals surface area contributed by atoms with Crippen LogP contribution < -0.4 is 5.32 Å². The number of hydrogen-bond acceptors (Lipinski definition) is 6. The highest BCUT2D eigenvalue weighted by Gasteiger charge is 2.28. The molecule has 3 heterocycles. The van der Waals surface area contributed by atoms with Crippen molar-refractivity contribution in [2.45, 2.75) is 65.0 Å². The van der Waals surface area contributed by atoms with Crippen LogP contribution in [0.25, 0.3) is 0 Å². The highest BCUT2D eigenvalue weighted by atomic mass is 16.6. The molecule has 1 saturated heterocycles. The molecule has 1 aliphatic rings. The van der Waals surface area contributed by atoms with E-state index in [2.05, 4.69) is 15.5 Å². The first kappa shape index (κ1) is 21.9. The zero-order valence-electron chi connectivity index (χ0n) is 18.2. The number of rotatable bonds is 6. The predicted octanol–water partition coefficient (Wildman–Crippen LogP) is 3.11. The first-order valence-electron chi connectivity index (χ1n) is 10.4. The number of amides is 2. The van der Waals surface area contributed by atoms with E-state index in [-0.39, 0.29) is 18.0 Å². The SMILES string of the molecule is Cc1noc(CCCNC(=O)c2cccn2C2CCN(C(=O)OC(C)(C)C)CC2)n1. The van der Waals surface area contributed by atoms with Gasteiger partial charge in [0.1, 0.15) is 11.3 Å². The summed E-state index contributed by atoms with van der Waals surface area (Å²) >= 11 is 0. The Bertz CT molecular complexity index is 859. The van der Waals surface area contributed by atoms with Crippen molar-refractivity contribution in [3.05, 3.63) is 35.7 Å². The van der Waals surface area contributed by atoms with Gasteiger partial charge in [-0.3, -0.25) is 4.79 Å². The van der Waals surface area contributed by atoms with Crippen LogP contribution in [0.3, 0.4) is 0 Å². The number of aromatic nitrogens is 3. The summed E-state index contributed by atoms with van der Waals surface area (Å²) in [6.07, 6.45) is 4.58. The van der Waals surface area contributed by atoms with Gasteiger partial charge in [-0.05, 0) is 59.1 Å². The van der Waals surface area contributed by atoms with Gasteiger partial charge in [0.25, 0.3) is 5.91 Å². The van der Waals surface area contributed by atoms with Gasteiger partial charge in [0.05, 0.1) is 0 Å². The topological polar surface area (TPSA) is 102 Å². The number of likely N-dealkylation sites (tertiary alicyclic amines) is 1. The summed E-state index contributed by atoms with van der Waals surface area (Å²) in [6, 6.07) is 3.90. The van der Waals surface area contributed by atoms with Crippen LogP contribution in [-0.2, 0) is 11.2 Å². The van der Waals surface area contributed by atoms with Gasteiger partial charge in [0, 0.05) is 38.3 Å². The van der Waals surface area contributed by atoms with Crippen LogP contribution in [-0.4, -0.2) is 56.8 Å². The number of nitrogens with zero attached hydrogens (tertiary/aromatic N) is 4. The summed E-state index contributed by atoms with van der Waals surface area (Å²) in [5, 5.41) is 6.72. The Balaban J connectivity index is 1.48. The van der Waals surface area contributed by atoms with Crippen molar-refractivity contribution in [1.29, 1.82) is 0 Å². The van der Waals surface area contributed by atoms with E-state index in [1.807, 2.05) is 43.7 Å². The molecule has 164 valence electrons. The average molecular weight is 418 g/mol. The van der Waals surface area contributed by atoms with Gasteiger partial charge in [-0.15, -0.1) is 0 Å². The molecule has 0 bridgehead atoms. The van der Waals surface area contributed by atoms with Crippen molar-refractivity contribution >= 4 is 12.0 Å². The maximum absolute atomic E-state index is 12.6. The summed E-state index contributed by atoms with van der Waals surface area (Å²) < 4.78 is 12.6. The number of nitrogens with one attached hydrogen (secondary N) is 1. The van der Waals surface area contributed by atoms with Gasteiger partial charge in [0.15, 0.2) is 5.82 Å². The van der Waals surface area contributed by atoms with Crippen LogP contribution in [0.2, 0.25) is 0 Å². The largest absolute Gasteiger partial charge is 0.444 e. The lowest BCUT2D eigenvalue weighted by atomic mass is 10.0. The van der Waals surface area contributed by atoms with Crippen LogP contribution in [0.1, 0.15) is 68.3 Å². The molecule has 2 aromatic rings. The van der Waals surface area contributed by atoms with E-state index in [0.717, 1.165) is 19.3 Å². The molecule has 9 heteroatoms. The number of carbonyl (C=O) groups is 2. The van der Waals surface area contributed by atoms with E-state index in [1.54, 1.807) is 11.8 Å². The fourth-order valence-corrected chi connectivity index (χ4v) is 3.53. The molecule has 0 aliphatic carbocycles. The molecule has 0 aromatic carbocycles. The maximum atomic E-state index is 12.6. The standard InChI is InChI=1S/C21H31N5O4/c1-15-23-18(30-24-15)8-5-11-22-19(27)17-7-6-12-26(17)16-9-13-25(14-10-16)20(28)29-21(2,3)4/h6-7,12,16H,5,8-11,13-14H2,1-4H3,(H,22,27).